The monoisotopic (exact) mass is 385 g/mol. The first-order valence-corrected chi connectivity index (χ1v) is 9.85. The molecule has 1 aliphatic rings. The molecule has 5 nitrogen and oxygen atoms in total. The summed E-state index contributed by atoms with van der Waals surface area (Å²) in [5.41, 5.74) is 3.05. The Morgan fingerprint density at radius 3 is 2.81 bits per heavy atom. The molecule has 7 heteroatoms. The highest BCUT2D eigenvalue weighted by atomic mass is 32.1. The zero-order valence-electron chi connectivity index (χ0n) is 14.9. The second-order valence-electron chi connectivity index (χ2n) is 6.34. The van der Waals surface area contributed by atoms with Gasteiger partial charge < -0.3 is 9.64 Å². The van der Waals surface area contributed by atoms with Gasteiger partial charge in [0.2, 0.25) is 0 Å². The fraction of sp³-hybridized carbons (Fsp3) is 0.300. The topological polar surface area (TPSA) is 58.2 Å². The first kappa shape index (κ1) is 17.9. The third-order valence-corrected chi connectivity index (χ3v) is 5.59. The highest BCUT2D eigenvalue weighted by Crippen LogP contribution is 2.43. The van der Waals surface area contributed by atoms with Crippen molar-refractivity contribution in [2.45, 2.75) is 19.4 Å². The van der Waals surface area contributed by atoms with Crippen molar-refractivity contribution in [3.63, 3.8) is 0 Å². The molecule has 4 rings (SSSR count). The number of nitrogens with zero attached hydrogens (tertiary/aromatic N) is 2. The van der Waals surface area contributed by atoms with Gasteiger partial charge in [-0.3, -0.25) is 9.89 Å². The number of carbonyl (C=O) groups excluding carboxylic acids is 1. The average molecular weight is 385 g/mol. The van der Waals surface area contributed by atoms with Gasteiger partial charge in [0, 0.05) is 25.3 Å². The number of hydrogen-bond donors (Lipinski definition) is 1. The fourth-order valence-corrected chi connectivity index (χ4v) is 4.24. The van der Waals surface area contributed by atoms with E-state index in [1.165, 1.54) is 12.1 Å². The molecular formula is C20H20FN3O2S. The van der Waals surface area contributed by atoms with E-state index >= 15 is 0 Å². The fourth-order valence-electron chi connectivity index (χ4n) is 3.50. The van der Waals surface area contributed by atoms with Crippen LogP contribution in [0.25, 0.3) is 10.6 Å². The number of ether oxygens (including phenoxy) is 1. The SMILES string of the molecule is CCOCCCN1C(=O)c2n[nH]c(-c3cccs3)c2[C@@H]1c1ccc(F)cc1. The van der Waals surface area contributed by atoms with Crippen LogP contribution >= 0.6 is 11.3 Å². The van der Waals surface area contributed by atoms with Crippen molar-refractivity contribution < 1.29 is 13.9 Å². The summed E-state index contributed by atoms with van der Waals surface area (Å²) in [4.78, 5) is 15.9. The number of amides is 1. The molecule has 0 radical (unpaired) electrons. The van der Waals surface area contributed by atoms with Gasteiger partial charge in [-0.15, -0.1) is 11.3 Å². The molecule has 0 fully saturated rings. The number of fused-ring (bicyclic) bond motifs is 1. The second-order valence-corrected chi connectivity index (χ2v) is 7.29. The Kier molecular flexibility index (Phi) is 5.05. The smallest absolute Gasteiger partial charge is 0.275 e. The summed E-state index contributed by atoms with van der Waals surface area (Å²) < 4.78 is 18.9. The van der Waals surface area contributed by atoms with E-state index in [0.29, 0.717) is 25.5 Å². The lowest BCUT2D eigenvalue weighted by molar-refractivity contribution is 0.0710. The number of halogens is 1. The molecule has 3 aromatic rings. The summed E-state index contributed by atoms with van der Waals surface area (Å²) in [6.07, 6.45) is 0.736. The Balaban J connectivity index is 1.74. The second kappa shape index (κ2) is 7.62. The Hall–Kier alpha value is -2.51. The van der Waals surface area contributed by atoms with Crippen LogP contribution in [-0.4, -0.2) is 40.8 Å². The summed E-state index contributed by atoms with van der Waals surface area (Å²) >= 11 is 1.59. The number of rotatable bonds is 7. The van der Waals surface area contributed by atoms with Crippen LogP contribution < -0.4 is 0 Å². The van der Waals surface area contributed by atoms with Gasteiger partial charge >= 0.3 is 0 Å². The van der Waals surface area contributed by atoms with E-state index in [4.69, 9.17) is 4.74 Å². The van der Waals surface area contributed by atoms with Crippen LogP contribution in [0.5, 0.6) is 0 Å². The van der Waals surface area contributed by atoms with Crippen LogP contribution in [0.2, 0.25) is 0 Å². The van der Waals surface area contributed by atoms with Crippen LogP contribution in [0.1, 0.15) is 41.0 Å². The summed E-state index contributed by atoms with van der Waals surface area (Å²) in [6.45, 7) is 3.75. The standard InChI is InChI=1S/C20H20FN3O2S/c1-2-26-11-4-10-24-19(13-6-8-14(21)9-7-13)16-17(15-5-3-12-27-15)22-23-18(16)20(24)25/h3,5-9,12,19H,2,4,10-11H2,1H3,(H,22,23)/t19-/m0/s1. The van der Waals surface area contributed by atoms with Gasteiger partial charge in [-0.25, -0.2) is 4.39 Å². The Morgan fingerprint density at radius 2 is 2.11 bits per heavy atom. The highest BCUT2D eigenvalue weighted by molar-refractivity contribution is 7.13. The predicted octanol–water partition coefficient (Wildman–Crippen LogP) is 4.25. The van der Waals surface area contributed by atoms with Crippen LogP contribution in [0.15, 0.2) is 41.8 Å². The van der Waals surface area contributed by atoms with Gasteiger partial charge in [-0.1, -0.05) is 18.2 Å². The third-order valence-electron chi connectivity index (χ3n) is 4.70. The van der Waals surface area contributed by atoms with E-state index in [-0.39, 0.29) is 17.8 Å². The van der Waals surface area contributed by atoms with Crippen molar-refractivity contribution in [3.8, 4) is 10.6 Å². The van der Waals surface area contributed by atoms with Crippen molar-refractivity contribution in [2.24, 2.45) is 0 Å². The quantitative estimate of drug-likeness (QED) is 0.619. The molecule has 0 aliphatic carbocycles. The lowest BCUT2D eigenvalue weighted by Gasteiger charge is -2.26. The van der Waals surface area contributed by atoms with E-state index in [2.05, 4.69) is 10.2 Å². The summed E-state index contributed by atoms with van der Waals surface area (Å²) in [5, 5.41) is 9.33. The van der Waals surface area contributed by atoms with Crippen molar-refractivity contribution in [3.05, 3.63) is 64.4 Å². The summed E-state index contributed by atoms with van der Waals surface area (Å²) in [7, 11) is 0. The number of aromatic amines is 1. The van der Waals surface area contributed by atoms with Crippen LogP contribution in [0.4, 0.5) is 4.39 Å². The minimum atomic E-state index is -0.295. The van der Waals surface area contributed by atoms with E-state index < -0.39 is 0 Å². The molecule has 0 saturated carbocycles. The van der Waals surface area contributed by atoms with Crippen LogP contribution in [-0.2, 0) is 4.74 Å². The molecule has 0 saturated heterocycles. The third kappa shape index (κ3) is 3.28. The molecule has 1 N–H and O–H groups in total. The maximum atomic E-state index is 13.5. The number of aromatic nitrogens is 2. The van der Waals surface area contributed by atoms with Crippen molar-refractivity contribution in [1.29, 1.82) is 0 Å². The molecule has 1 aromatic carbocycles. The molecule has 3 heterocycles. The summed E-state index contributed by atoms with van der Waals surface area (Å²) in [5.74, 6) is -0.397. The average Bonchev–Trinajstić information content (AvgIpc) is 3.38. The minimum Gasteiger partial charge on any atom is -0.382 e. The number of thiophene rings is 1. The van der Waals surface area contributed by atoms with E-state index in [1.807, 2.05) is 29.3 Å². The maximum absolute atomic E-state index is 13.5. The van der Waals surface area contributed by atoms with Crippen molar-refractivity contribution in [1.82, 2.24) is 15.1 Å². The molecule has 1 amide bonds. The predicted molar refractivity (Wildman–Crippen MR) is 102 cm³/mol. The first-order valence-electron chi connectivity index (χ1n) is 8.97. The van der Waals surface area contributed by atoms with Gasteiger partial charge in [-0.05, 0) is 42.5 Å². The molecular weight excluding hydrogens is 365 g/mol. The zero-order chi connectivity index (χ0) is 18.8. The van der Waals surface area contributed by atoms with Gasteiger partial charge in [-0.2, -0.15) is 5.10 Å². The number of carbonyl (C=O) groups is 1. The van der Waals surface area contributed by atoms with Gasteiger partial charge in [0.05, 0.1) is 16.6 Å². The molecule has 1 atom stereocenters. The number of H-pyrrole nitrogens is 1. The molecule has 0 unspecified atom stereocenters. The lowest BCUT2D eigenvalue weighted by atomic mass is 9.98. The van der Waals surface area contributed by atoms with Crippen LogP contribution in [0.3, 0.4) is 0 Å². The zero-order valence-corrected chi connectivity index (χ0v) is 15.8. The van der Waals surface area contributed by atoms with Gasteiger partial charge in [0.1, 0.15) is 5.82 Å². The van der Waals surface area contributed by atoms with Gasteiger partial charge in [0.15, 0.2) is 5.69 Å². The first-order chi connectivity index (χ1) is 13.2. The van der Waals surface area contributed by atoms with E-state index in [1.54, 1.807) is 23.5 Å². The number of hydrogen-bond acceptors (Lipinski definition) is 4. The normalized spacial score (nSPS) is 16.1. The molecule has 140 valence electrons. The Morgan fingerprint density at radius 1 is 1.30 bits per heavy atom. The maximum Gasteiger partial charge on any atom is 0.275 e. The largest absolute Gasteiger partial charge is 0.382 e. The van der Waals surface area contributed by atoms with Crippen molar-refractivity contribution in [2.75, 3.05) is 19.8 Å². The lowest BCUT2D eigenvalue weighted by Crippen LogP contribution is -2.31. The molecule has 27 heavy (non-hydrogen) atoms. The van der Waals surface area contributed by atoms with Crippen molar-refractivity contribution >= 4 is 17.2 Å². The molecule has 1 aliphatic heterocycles. The van der Waals surface area contributed by atoms with Gasteiger partial charge in [0.25, 0.3) is 5.91 Å². The number of benzene rings is 1. The summed E-state index contributed by atoms with van der Waals surface area (Å²) in [6, 6.07) is 10.0. The molecule has 2 aromatic heterocycles. The number of nitrogens with one attached hydrogen (secondary N) is 1. The Labute approximate surface area is 160 Å². The van der Waals surface area contributed by atoms with E-state index in [9.17, 15) is 9.18 Å². The Bertz CT molecular complexity index is 921. The molecule has 0 spiro atoms. The van der Waals surface area contributed by atoms with E-state index in [0.717, 1.165) is 28.1 Å². The molecule has 0 bridgehead atoms. The van der Waals surface area contributed by atoms with Crippen LogP contribution in [0, 0.1) is 5.82 Å². The minimum absolute atomic E-state index is 0.102. The highest BCUT2D eigenvalue weighted by Gasteiger charge is 2.42.